The highest BCUT2D eigenvalue weighted by atomic mass is 16.5. The molecule has 2 amide bonds. The van der Waals surface area contributed by atoms with Gasteiger partial charge in [0, 0.05) is 26.1 Å². The van der Waals surface area contributed by atoms with E-state index in [1.165, 1.54) is 7.11 Å². The summed E-state index contributed by atoms with van der Waals surface area (Å²) < 4.78 is 4.68. The number of amides is 2. The Balaban J connectivity index is 2.15. The van der Waals surface area contributed by atoms with Gasteiger partial charge in [0.05, 0.1) is 7.11 Å². The molecular weight excluding hydrogens is 232 g/mol. The maximum Gasteiger partial charge on any atom is 0.409 e. The third-order valence-corrected chi connectivity index (χ3v) is 3.39. The van der Waals surface area contributed by atoms with E-state index in [-0.39, 0.29) is 12.0 Å². The summed E-state index contributed by atoms with van der Waals surface area (Å²) in [6, 6.07) is 0. The molecule has 0 aromatic rings. The normalized spacial score (nSPS) is 16.4. The van der Waals surface area contributed by atoms with Gasteiger partial charge in [-0.25, -0.2) is 4.79 Å². The number of rotatable bonds is 5. The van der Waals surface area contributed by atoms with Crippen LogP contribution < -0.4 is 5.32 Å². The number of nitrogens with one attached hydrogen (secondary N) is 1. The summed E-state index contributed by atoms with van der Waals surface area (Å²) in [7, 11) is 1.41. The lowest BCUT2D eigenvalue weighted by atomic mass is 9.97. The SMILES string of the molecule is CCCCC(=O)NCC1CCN(C(=O)OC)CC1. The number of ether oxygens (including phenoxy) is 1. The minimum absolute atomic E-state index is 0.146. The van der Waals surface area contributed by atoms with Gasteiger partial charge in [-0.1, -0.05) is 13.3 Å². The van der Waals surface area contributed by atoms with Crippen molar-refractivity contribution in [2.45, 2.75) is 39.0 Å². The van der Waals surface area contributed by atoms with Gasteiger partial charge in [0.25, 0.3) is 0 Å². The molecule has 0 unspecified atom stereocenters. The molecule has 0 aromatic heterocycles. The second-order valence-electron chi connectivity index (χ2n) is 4.81. The summed E-state index contributed by atoms with van der Waals surface area (Å²) in [5, 5.41) is 2.97. The molecule has 104 valence electrons. The van der Waals surface area contributed by atoms with Crippen molar-refractivity contribution in [3.63, 3.8) is 0 Å². The van der Waals surface area contributed by atoms with E-state index < -0.39 is 0 Å². The number of carbonyl (C=O) groups is 2. The van der Waals surface area contributed by atoms with E-state index >= 15 is 0 Å². The zero-order chi connectivity index (χ0) is 13.4. The largest absolute Gasteiger partial charge is 0.453 e. The first-order valence-corrected chi connectivity index (χ1v) is 6.77. The van der Waals surface area contributed by atoms with Crippen LogP contribution in [0.1, 0.15) is 39.0 Å². The molecule has 5 nitrogen and oxygen atoms in total. The van der Waals surface area contributed by atoms with Gasteiger partial charge in [0.1, 0.15) is 0 Å². The van der Waals surface area contributed by atoms with Gasteiger partial charge in [-0.2, -0.15) is 0 Å². The molecule has 0 atom stereocenters. The van der Waals surface area contributed by atoms with Crippen molar-refractivity contribution in [3.05, 3.63) is 0 Å². The zero-order valence-electron chi connectivity index (χ0n) is 11.4. The van der Waals surface area contributed by atoms with Gasteiger partial charge < -0.3 is 15.0 Å². The lowest BCUT2D eigenvalue weighted by Gasteiger charge is -2.30. The second-order valence-corrected chi connectivity index (χ2v) is 4.81. The molecule has 0 spiro atoms. The lowest BCUT2D eigenvalue weighted by Crippen LogP contribution is -2.41. The predicted molar refractivity (Wildman–Crippen MR) is 69.2 cm³/mol. The van der Waals surface area contributed by atoms with Crippen molar-refractivity contribution in [1.82, 2.24) is 10.2 Å². The van der Waals surface area contributed by atoms with Crippen molar-refractivity contribution in [1.29, 1.82) is 0 Å². The lowest BCUT2D eigenvalue weighted by molar-refractivity contribution is -0.121. The highest BCUT2D eigenvalue weighted by molar-refractivity contribution is 5.75. The van der Waals surface area contributed by atoms with E-state index in [1.54, 1.807) is 4.90 Å². The number of likely N-dealkylation sites (tertiary alicyclic amines) is 1. The minimum Gasteiger partial charge on any atom is -0.453 e. The van der Waals surface area contributed by atoms with Crippen LogP contribution in [-0.4, -0.2) is 43.6 Å². The Labute approximate surface area is 109 Å². The van der Waals surface area contributed by atoms with Crippen LogP contribution in [0, 0.1) is 5.92 Å². The first-order valence-electron chi connectivity index (χ1n) is 6.77. The number of hydrogen-bond donors (Lipinski definition) is 1. The van der Waals surface area contributed by atoms with Crippen molar-refractivity contribution < 1.29 is 14.3 Å². The van der Waals surface area contributed by atoms with E-state index in [4.69, 9.17) is 0 Å². The number of unbranched alkanes of at least 4 members (excludes halogenated alkanes) is 1. The molecule has 0 aromatic carbocycles. The number of nitrogens with zero attached hydrogens (tertiary/aromatic N) is 1. The third kappa shape index (κ3) is 4.94. The zero-order valence-corrected chi connectivity index (χ0v) is 11.4. The Morgan fingerprint density at radius 1 is 1.33 bits per heavy atom. The summed E-state index contributed by atoms with van der Waals surface area (Å²) in [6.45, 7) is 4.26. The van der Waals surface area contributed by atoms with E-state index in [2.05, 4.69) is 17.0 Å². The van der Waals surface area contributed by atoms with Crippen LogP contribution in [0.3, 0.4) is 0 Å². The quantitative estimate of drug-likeness (QED) is 0.815. The van der Waals surface area contributed by atoms with Crippen LogP contribution in [0.15, 0.2) is 0 Å². The molecule has 0 saturated carbocycles. The van der Waals surface area contributed by atoms with E-state index in [9.17, 15) is 9.59 Å². The maximum absolute atomic E-state index is 11.5. The molecule has 1 aliphatic heterocycles. The summed E-state index contributed by atoms with van der Waals surface area (Å²) in [4.78, 5) is 24.5. The molecule has 18 heavy (non-hydrogen) atoms. The number of methoxy groups -OCH3 is 1. The molecular formula is C13H24N2O3. The van der Waals surface area contributed by atoms with E-state index in [0.29, 0.717) is 12.3 Å². The summed E-state index contributed by atoms with van der Waals surface area (Å²) >= 11 is 0. The Hall–Kier alpha value is -1.26. The highest BCUT2D eigenvalue weighted by Crippen LogP contribution is 2.16. The first-order chi connectivity index (χ1) is 8.67. The Morgan fingerprint density at radius 2 is 2.00 bits per heavy atom. The maximum atomic E-state index is 11.5. The number of carbonyl (C=O) groups excluding carboxylic acids is 2. The average molecular weight is 256 g/mol. The van der Waals surface area contributed by atoms with Crippen molar-refractivity contribution in [3.8, 4) is 0 Å². The van der Waals surface area contributed by atoms with Crippen molar-refractivity contribution in [2.75, 3.05) is 26.7 Å². The molecule has 0 radical (unpaired) electrons. The van der Waals surface area contributed by atoms with Crippen molar-refractivity contribution >= 4 is 12.0 Å². The van der Waals surface area contributed by atoms with Crippen LogP contribution in [0.2, 0.25) is 0 Å². The molecule has 5 heteroatoms. The molecule has 1 aliphatic rings. The van der Waals surface area contributed by atoms with Crippen LogP contribution in [0.4, 0.5) is 4.79 Å². The fraction of sp³-hybridized carbons (Fsp3) is 0.846. The van der Waals surface area contributed by atoms with Crippen LogP contribution in [-0.2, 0) is 9.53 Å². The average Bonchev–Trinajstić information content (AvgIpc) is 2.42. The molecule has 1 saturated heterocycles. The van der Waals surface area contributed by atoms with Gasteiger partial charge >= 0.3 is 6.09 Å². The summed E-state index contributed by atoms with van der Waals surface area (Å²) in [6.07, 6.45) is 4.24. The second kappa shape index (κ2) is 7.95. The fourth-order valence-corrected chi connectivity index (χ4v) is 2.13. The summed E-state index contributed by atoms with van der Waals surface area (Å²) in [5.41, 5.74) is 0. The smallest absolute Gasteiger partial charge is 0.409 e. The highest BCUT2D eigenvalue weighted by Gasteiger charge is 2.23. The van der Waals surface area contributed by atoms with Crippen LogP contribution >= 0.6 is 0 Å². The molecule has 1 heterocycles. The molecule has 0 bridgehead atoms. The molecule has 1 fully saturated rings. The van der Waals surface area contributed by atoms with E-state index in [1.807, 2.05) is 0 Å². The Morgan fingerprint density at radius 3 is 2.56 bits per heavy atom. The summed E-state index contributed by atoms with van der Waals surface area (Å²) in [5.74, 6) is 0.628. The first kappa shape index (κ1) is 14.8. The predicted octanol–water partition coefficient (Wildman–Crippen LogP) is 1.77. The standard InChI is InChI=1S/C13H24N2O3/c1-3-4-5-12(16)14-10-11-6-8-15(9-7-11)13(17)18-2/h11H,3-10H2,1-2H3,(H,14,16). The molecule has 1 N–H and O–H groups in total. The number of piperidine rings is 1. The van der Waals surface area contributed by atoms with Crippen molar-refractivity contribution in [2.24, 2.45) is 5.92 Å². The topological polar surface area (TPSA) is 58.6 Å². The molecule has 1 rings (SSSR count). The number of hydrogen-bond acceptors (Lipinski definition) is 3. The van der Waals surface area contributed by atoms with Crippen LogP contribution in [0.25, 0.3) is 0 Å². The Kier molecular flexibility index (Phi) is 6.54. The van der Waals surface area contributed by atoms with Gasteiger partial charge in [-0.05, 0) is 25.2 Å². The van der Waals surface area contributed by atoms with Gasteiger partial charge in [-0.3, -0.25) is 4.79 Å². The fourth-order valence-electron chi connectivity index (χ4n) is 2.13. The van der Waals surface area contributed by atoms with E-state index in [0.717, 1.165) is 45.3 Å². The van der Waals surface area contributed by atoms with Gasteiger partial charge in [0.2, 0.25) is 5.91 Å². The van der Waals surface area contributed by atoms with Gasteiger partial charge in [-0.15, -0.1) is 0 Å². The monoisotopic (exact) mass is 256 g/mol. The van der Waals surface area contributed by atoms with Gasteiger partial charge in [0.15, 0.2) is 0 Å². The minimum atomic E-state index is -0.250. The third-order valence-electron chi connectivity index (χ3n) is 3.39. The van der Waals surface area contributed by atoms with Crippen LogP contribution in [0.5, 0.6) is 0 Å². The molecule has 0 aliphatic carbocycles. The Bertz CT molecular complexity index is 273.